The standard InChI is InChI=1S/C8H9NO2/c1-2-7(10)9-5-8(6-9)3-4-11-8/h1H,3-6H2. The van der Waals surface area contributed by atoms with Gasteiger partial charge in [-0.05, 0) is 5.92 Å². The van der Waals surface area contributed by atoms with E-state index < -0.39 is 0 Å². The molecule has 0 radical (unpaired) electrons. The number of terminal acetylenes is 1. The van der Waals surface area contributed by atoms with Gasteiger partial charge >= 0.3 is 0 Å². The first-order valence-electron chi connectivity index (χ1n) is 3.65. The molecule has 1 spiro atoms. The zero-order chi connectivity index (χ0) is 7.90. The van der Waals surface area contributed by atoms with E-state index in [1.54, 1.807) is 4.90 Å². The van der Waals surface area contributed by atoms with Crippen molar-refractivity contribution in [3.8, 4) is 12.3 Å². The van der Waals surface area contributed by atoms with Crippen molar-refractivity contribution in [2.45, 2.75) is 12.0 Å². The van der Waals surface area contributed by atoms with Gasteiger partial charge in [-0.15, -0.1) is 6.42 Å². The molecule has 3 nitrogen and oxygen atoms in total. The van der Waals surface area contributed by atoms with Crippen LogP contribution in [0, 0.1) is 12.3 Å². The lowest BCUT2D eigenvalue weighted by atomic mass is 9.86. The number of hydrogen-bond acceptors (Lipinski definition) is 2. The minimum Gasteiger partial charge on any atom is -0.371 e. The summed E-state index contributed by atoms with van der Waals surface area (Å²) in [6.07, 6.45) is 6.02. The summed E-state index contributed by atoms with van der Waals surface area (Å²) in [5.41, 5.74) is 0.00646. The normalized spacial score (nSPS) is 25.2. The number of rotatable bonds is 0. The Morgan fingerprint density at radius 1 is 1.64 bits per heavy atom. The first kappa shape index (κ1) is 6.68. The van der Waals surface area contributed by atoms with Crippen LogP contribution in [0.1, 0.15) is 6.42 Å². The first-order chi connectivity index (χ1) is 5.26. The molecule has 11 heavy (non-hydrogen) atoms. The highest BCUT2D eigenvalue weighted by molar-refractivity contribution is 5.93. The Morgan fingerprint density at radius 3 is 2.64 bits per heavy atom. The maximum absolute atomic E-state index is 10.9. The van der Waals surface area contributed by atoms with Gasteiger partial charge in [-0.25, -0.2) is 0 Å². The Morgan fingerprint density at radius 2 is 2.27 bits per heavy atom. The Labute approximate surface area is 65.3 Å². The van der Waals surface area contributed by atoms with Crippen LogP contribution in [0.15, 0.2) is 0 Å². The lowest BCUT2D eigenvalue weighted by Crippen LogP contribution is -2.69. The lowest BCUT2D eigenvalue weighted by molar-refractivity contribution is -0.219. The van der Waals surface area contributed by atoms with Crippen molar-refractivity contribution >= 4 is 5.91 Å². The smallest absolute Gasteiger partial charge is 0.298 e. The molecule has 2 heterocycles. The fraction of sp³-hybridized carbons (Fsp3) is 0.625. The number of likely N-dealkylation sites (tertiary alicyclic amines) is 1. The molecule has 2 aliphatic heterocycles. The molecule has 0 aromatic heterocycles. The summed E-state index contributed by atoms with van der Waals surface area (Å²) in [5, 5.41) is 0. The Kier molecular flexibility index (Phi) is 1.21. The number of nitrogens with zero attached hydrogens (tertiary/aromatic N) is 1. The minimum absolute atomic E-state index is 0.00646. The summed E-state index contributed by atoms with van der Waals surface area (Å²) in [7, 11) is 0. The second kappa shape index (κ2) is 1.99. The molecule has 0 aromatic rings. The van der Waals surface area contributed by atoms with E-state index in [2.05, 4.69) is 5.92 Å². The highest BCUT2D eigenvalue weighted by Gasteiger charge is 2.50. The number of ether oxygens (including phenoxy) is 1. The van der Waals surface area contributed by atoms with E-state index in [0.717, 1.165) is 13.0 Å². The van der Waals surface area contributed by atoms with E-state index in [1.807, 2.05) is 0 Å². The van der Waals surface area contributed by atoms with E-state index >= 15 is 0 Å². The number of carbonyl (C=O) groups is 1. The van der Waals surface area contributed by atoms with Gasteiger partial charge in [0.25, 0.3) is 5.91 Å². The van der Waals surface area contributed by atoms with Crippen LogP contribution in [0.5, 0.6) is 0 Å². The van der Waals surface area contributed by atoms with Gasteiger partial charge in [0.15, 0.2) is 0 Å². The number of carbonyl (C=O) groups excluding carboxylic acids is 1. The molecular weight excluding hydrogens is 142 g/mol. The van der Waals surface area contributed by atoms with Crippen LogP contribution in [0.2, 0.25) is 0 Å². The van der Waals surface area contributed by atoms with Crippen molar-refractivity contribution in [1.82, 2.24) is 4.90 Å². The predicted molar refractivity (Wildman–Crippen MR) is 38.7 cm³/mol. The molecule has 0 aromatic carbocycles. The van der Waals surface area contributed by atoms with Gasteiger partial charge in [0.2, 0.25) is 0 Å². The molecule has 0 aliphatic carbocycles. The Bertz CT molecular complexity index is 229. The average Bonchev–Trinajstić information content (AvgIpc) is 1.81. The molecule has 1 amide bonds. The van der Waals surface area contributed by atoms with Crippen molar-refractivity contribution in [2.75, 3.05) is 19.7 Å². The summed E-state index contributed by atoms with van der Waals surface area (Å²) >= 11 is 0. The first-order valence-corrected chi connectivity index (χ1v) is 3.65. The molecule has 2 rings (SSSR count). The molecule has 0 atom stereocenters. The SMILES string of the molecule is C#CC(=O)N1CC2(CCO2)C1. The zero-order valence-electron chi connectivity index (χ0n) is 6.17. The van der Waals surface area contributed by atoms with E-state index in [1.165, 1.54) is 0 Å². The van der Waals surface area contributed by atoms with Gasteiger partial charge in [0.05, 0.1) is 19.7 Å². The number of amides is 1. The fourth-order valence-corrected chi connectivity index (χ4v) is 1.52. The summed E-state index contributed by atoms with van der Waals surface area (Å²) in [6.45, 7) is 2.21. The second-order valence-corrected chi connectivity index (χ2v) is 3.09. The van der Waals surface area contributed by atoms with Crippen molar-refractivity contribution in [1.29, 1.82) is 0 Å². The van der Waals surface area contributed by atoms with Crippen LogP contribution >= 0.6 is 0 Å². The second-order valence-electron chi connectivity index (χ2n) is 3.09. The molecule has 0 unspecified atom stereocenters. The molecule has 0 saturated carbocycles. The van der Waals surface area contributed by atoms with Gasteiger partial charge in [-0.1, -0.05) is 0 Å². The monoisotopic (exact) mass is 151 g/mol. The summed E-state index contributed by atoms with van der Waals surface area (Å²) in [4.78, 5) is 12.5. The number of hydrogen-bond donors (Lipinski definition) is 0. The van der Waals surface area contributed by atoms with Crippen molar-refractivity contribution < 1.29 is 9.53 Å². The van der Waals surface area contributed by atoms with E-state index in [0.29, 0.717) is 13.1 Å². The third kappa shape index (κ3) is 0.831. The molecule has 2 saturated heterocycles. The fourth-order valence-electron chi connectivity index (χ4n) is 1.52. The minimum atomic E-state index is -0.217. The molecule has 2 aliphatic rings. The third-order valence-corrected chi connectivity index (χ3v) is 2.33. The maximum Gasteiger partial charge on any atom is 0.298 e. The van der Waals surface area contributed by atoms with Gasteiger partial charge in [0.1, 0.15) is 5.60 Å². The highest BCUT2D eigenvalue weighted by atomic mass is 16.5. The summed E-state index contributed by atoms with van der Waals surface area (Å²) < 4.78 is 5.32. The van der Waals surface area contributed by atoms with Crippen LogP contribution in [0.4, 0.5) is 0 Å². The quantitative estimate of drug-likeness (QED) is 0.442. The average molecular weight is 151 g/mol. The third-order valence-electron chi connectivity index (χ3n) is 2.33. The zero-order valence-corrected chi connectivity index (χ0v) is 6.17. The Hall–Kier alpha value is -1.01. The van der Waals surface area contributed by atoms with Crippen molar-refractivity contribution in [3.63, 3.8) is 0 Å². The van der Waals surface area contributed by atoms with Gasteiger partial charge in [0, 0.05) is 6.42 Å². The van der Waals surface area contributed by atoms with Crippen LogP contribution < -0.4 is 0 Å². The molecule has 0 N–H and O–H groups in total. The van der Waals surface area contributed by atoms with Gasteiger partial charge < -0.3 is 9.64 Å². The molecule has 2 fully saturated rings. The Balaban J connectivity index is 1.89. The van der Waals surface area contributed by atoms with E-state index in [9.17, 15) is 4.79 Å². The van der Waals surface area contributed by atoms with E-state index in [4.69, 9.17) is 11.2 Å². The summed E-state index contributed by atoms with van der Waals surface area (Å²) in [5.74, 6) is 1.87. The van der Waals surface area contributed by atoms with Crippen molar-refractivity contribution in [2.24, 2.45) is 0 Å². The van der Waals surface area contributed by atoms with Gasteiger partial charge in [-0.2, -0.15) is 0 Å². The largest absolute Gasteiger partial charge is 0.371 e. The lowest BCUT2D eigenvalue weighted by Gasteiger charge is -2.54. The van der Waals surface area contributed by atoms with Crippen LogP contribution in [0.25, 0.3) is 0 Å². The molecule has 58 valence electrons. The molecular formula is C8H9NO2. The van der Waals surface area contributed by atoms with Crippen LogP contribution in [-0.4, -0.2) is 36.1 Å². The van der Waals surface area contributed by atoms with E-state index in [-0.39, 0.29) is 11.5 Å². The highest BCUT2D eigenvalue weighted by Crippen LogP contribution is 2.35. The van der Waals surface area contributed by atoms with Gasteiger partial charge in [-0.3, -0.25) is 4.79 Å². The summed E-state index contributed by atoms with van der Waals surface area (Å²) in [6, 6.07) is 0. The van der Waals surface area contributed by atoms with Crippen LogP contribution in [0.3, 0.4) is 0 Å². The molecule has 3 heteroatoms. The molecule has 0 bridgehead atoms. The topological polar surface area (TPSA) is 29.5 Å². The maximum atomic E-state index is 10.9. The predicted octanol–water partition coefficient (Wildman–Crippen LogP) is -0.379. The van der Waals surface area contributed by atoms with Crippen LogP contribution in [-0.2, 0) is 9.53 Å². The van der Waals surface area contributed by atoms with Crippen molar-refractivity contribution in [3.05, 3.63) is 0 Å².